The van der Waals surface area contributed by atoms with Crippen LogP contribution in [0, 0.1) is 0 Å². The van der Waals surface area contributed by atoms with Gasteiger partial charge >= 0.3 is 0 Å². The fraction of sp³-hybridized carbons (Fsp3) is 0.167. The van der Waals surface area contributed by atoms with Crippen LogP contribution >= 0.6 is 12.2 Å². The summed E-state index contributed by atoms with van der Waals surface area (Å²) >= 11 is 4.97. The Bertz CT molecular complexity index is 371. The van der Waals surface area contributed by atoms with Gasteiger partial charge in [-0.2, -0.15) is 0 Å². The lowest BCUT2D eigenvalue weighted by atomic mass is 10.2. The third kappa shape index (κ3) is 5.26. The number of allylic oxidation sites excluding steroid dienone is 1. The van der Waals surface area contributed by atoms with Gasteiger partial charge in [0.2, 0.25) is 5.11 Å². The van der Waals surface area contributed by atoms with E-state index in [9.17, 15) is 0 Å². The minimum atomic E-state index is 0.590. The Labute approximate surface area is 101 Å². The van der Waals surface area contributed by atoms with E-state index >= 15 is 0 Å². The molecule has 0 bridgehead atoms. The van der Waals surface area contributed by atoms with Crippen LogP contribution in [0.25, 0.3) is 6.08 Å². The standard InChI is InChI=1S/C12H15N3S/c1-2-13-12(16)15-14-10-6-9-11-7-4-3-5-8-11/h3-10H,2H2,1H3,(H2,13,15,16)/p+1. The highest BCUT2D eigenvalue weighted by atomic mass is 32.1. The SMILES string of the molecule is CCNC(=S)N[NH+]=CC=Cc1ccccc1. The molecule has 4 heteroatoms. The van der Waals surface area contributed by atoms with E-state index in [-0.39, 0.29) is 0 Å². The molecule has 1 aromatic rings. The zero-order valence-corrected chi connectivity index (χ0v) is 10.1. The zero-order chi connectivity index (χ0) is 11.6. The first-order valence-electron chi connectivity index (χ1n) is 5.17. The van der Waals surface area contributed by atoms with E-state index in [2.05, 4.69) is 15.8 Å². The molecule has 0 radical (unpaired) electrons. The van der Waals surface area contributed by atoms with Gasteiger partial charge in [-0.25, -0.2) is 0 Å². The maximum atomic E-state index is 4.97. The predicted molar refractivity (Wildman–Crippen MR) is 71.9 cm³/mol. The molecule has 1 rings (SSSR count). The molecule has 3 N–H and O–H groups in total. The van der Waals surface area contributed by atoms with Gasteiger partial charge in [0.1, 0.15) is 0 Å². The molecule has 0 saturated heterocycles. The zero-order valence-electron chi connectivity index (χ0n) is 9.23. The molecule has 16 heavy (non-hydrogen) atoms. The molecule has 0 unspecified atom stereocenters. The molecule has 0 aliphatic carbocycles. The van der Waals surface area contributed by atoms with Gasteiger partial charge in [-0.1, -0.05) is 30.3 Å². The van der Waals surface area contributed by atoms with E-state index < -0.39 is 0 Å². The summed E-state index contributed by atoms with van der Waals surface area (Å²) in [5, 5.41) is 6.43. The van der Waals surface area contributed by atoms with E-state index in [0.29, 0.717) is 5.11 Å². The van der Waals surface area contributed by atoms with Crippen LogP contribution in [0.3, 0.4) is 0 Å². The van der Waals surface area contributed by atoms with E-state index in [1.807, 2.05) is 49.4 Å². The van der Waals surface area contributed by atoms with Crippen LogP contribution in [0.15, 0.2) is 36.4 Å². The third-order valence-corrected chi connectivity index (χ3v) is 2.04. The molecule has 84 valence electrons. The average molecular weight is 234 g/mol. The number of nitrogens with one attached hydrogen (secondary N) is 3. The quantitative estimate of drug-likeness (QED) is 0.397. The predicted octanol–water partition coefficient (Wildman–Crippen LogP) is 0.250. The molecule has 0 heterocycles. The molecule has 0 spiro atoms. The van der Waals surface area contributed by atoms with Crippen molar-refractivity contribution in [1.82, 2.24) is 10.7 Å². The molecule has 0 aliphatic heterocycles. The first kappa shape index (κ1) is 12.4. The molecule has 0 aliphatic rings. The number of hydrazine groups is 1. The molecular weight excluding hydrogens is 218 g/mol. The van der Waals surface area contributed by atoms with E-state index in [0.717, 1.165) is 12.1 Å². The van der Waals surface area contributed by atoms with E-state index in [4.69, 9.17) is 12.2 Å². The van der Waals surface area contributed by atoms with Crippen molar-refractivity contribution < 1.29 is 5.10 Å². The van der Waals surface area contributed by atoms with Crippen molar-refractivity contribution in [2.75, 3.05) is 6.54 Å². The Morgan fingerprint density at radius 1 is 1.38 bits per heavy atom. The van der Waals surface area contributed by atoms with Crippen molar-refractivity contribution >= 4 is 29.6 Å². The van der Waals surface area contributed by atoms with Crippen LogP contribution in [0.1, 0.15) is 12.5 Å². The molecule has 0 saturated carbocycles. The number of rotatable bonds is 4. The van der Waals surface area contributed by atoms with Crippen molar-refractivity contribution in [1.29, 1.82) is 0 Å². The minimum absolute atomic E-state index is 0.590. The Morgan fingerprint density at radius 2 is 2.12 bits per heavy atom. The molecule has 3 nitrogen and oxygen atoms in total. The second kappa shape index (κ2) is 7.59. The van der Waals surface area contributed by atoms with Gasteiger partial charge in [0, 0.05) is 12.6 Å². The Morgan fingerprint density at radius 3 is 2.81 bits per heavy atom. The number of hydrazone groups is 1. The molecule has 0 fully saturated rings. The van der Waals surface area contributed by atoms with Crippen molar-refractivity contribution in [3.63, 3.8) is 0 Å². The van der Waals surface area contributed by atoms with Crippen molar-refractivity contribution in [3.8, 4) is 0 Å². The summed E-state index contributed by atoms with van der Waals surface area (Å²) in [5.74, 6) is 0. The Balaban J connectivity index is 2.32. The smallest absolute Gasteiger partial charge is 0.223 e. The third-order valence-electron chi connectivity index (χ3n) is 1.79. The minimum Gasteiger partial charge on any atom is -0.359 e. The van der Waals surface area contributed by atoms with Crippen LogP contribution < -0.4 is 15.8 Å². The van der Waals surface area contributed by atoms with E-state index in [1.54, 1.807) is 6.21 Å². The van der Waals surface area contributed by atoms with Crippen molar-refractivity contribution in [3.05, 3.63) is 42.0 Å². The van der Waals surface area contributed by atoms with Crippen molar-refractivity contribution in [2.45, 2.75) is 6.92 Å². The average Bonchev–Trinajstić information content (AvgIpc) is 2.30. The molecular formula is C12H16N3S+. The molecule has 1 aromatic carbocycles. The molecule has 0 amide bonds. The maximum absolute atomic E-state index is 4.97. The maximum Gasteiger partial charge on any atom is 0.223 e. The highest BCUT2D eigenvalue weighted by Gasteiger charge is 1.89. The van der Waals surface area contributed by atoms with E-state index in [1.165, 1.54) is 0 Å². The van der Waals surface area contributed by atoms with Crippen LogP contribution in [0.2, 0.25) is 0 Å². The number of hydrogen-bond acceptors (Lipinski definition) is 1. The van der Waals surface area contributed by atoms with Crippen LogP contribution in [-0.2, 0) is 0 Å². The van der Waals surface area contributed by atoms with Gasteiger partial charge in [-0.15, -0.1) is 10.5 Å². The van der Waals surface area contributed by atoms with Gasteiger partial charge in [0.15, 0.2) is 6.21 Å². The Hall–Kier alpha value is -1.68. The Kier molecular flexibility index (Phi) is 5.88. The van der Waals surface area contributed by atoms with Gasteiger partial charge in [0.25, 0.3) is 0 Å². The summed E-state index contributed by atoms with van der Waals surface area (Å²) in [6.45, 7) is 2.81. The summed E-state index contributed by atoms with van der Waals surface area (Å²) in [4.78, 5) is 0. The highest BCUT2D eigenvalue weighted by Crippen LogP contribution is 1.99. The number of hydrogen-bond donors (Lipinski definition) is 3. The number of thiocarbonyl (C=S) groups is 1. The fourth-order valence-corrected chi connectivity index (χ4v) is 1.29. The van der Waals surface area contributed by atoms with Crippen LogP contribution in [-0.4, -0.2) is 17.9 Å². The fourth-order valence-electron chi connectivity index (χ4n) is 1.08. The first-order valence-corrected chi connectivity index (χ1v) is 5.58. The monoisotopic (exact) mass is 234 g/mol. The lowest BCUT2D eigenvalue weighted by molar-refractivity contribution is -0.499. The normalized spacial score (nSPS) is 10.8. The highest BCUT2D eigenvalue weighted by molar-refractivity contribution is 7.80. The first-order chi connectivity index (χ1) is 7.83. The lowest BCUT2D eigenvalue weighted by Gasteiger charge is -1.97. The van der Waals surface area contributed by atoms with Gasteiger partial charge in [0.05, 0.1) is 0 Å². The molecule has 0 atom stereocenters. The van der Waals surface area contributed by atoms with Crippen LogP contribution in [0.4, 0.5) is 0 Å². The molecule has 0 aromatic heterocycles. The second-order valence-corrected chi connectivity index (χ2v) is 3.47. The van der Waals surface area contributed by atoms with Crippen molar-refractivity contribution in [2.24, 2.45) is 0 Å². The number of benzene rings is 1. The second-order valence-electron chi connectivity index (χ2n) is 3.07. The summed E-state index contributed by atoms with van der Waals surface area (Å²) in [5.41, 5.74) is 4.00. The largest absolute Gasteiger partial charge is 0.359 e. The summed E-state index contributed by atoms with van der Waals surface area (Å²) in [7, 11) is 0. The summed E-state index contributed by atoms with van der Waals surface area (Å²) < 4.78 is 0. The van der Waals surface area contributed by atoms with Gasteiger partial charge in [-0.3, -0.25) is 0 Å². The van der Waals surface area contributed by atoms with Crippen LogP contribution in [0.5, 0.6) is 0 Å². The summed E-state index contributed by atoms with van der Waals surface area (Å²) in [6.07, 6.45) is 5.71. The lowest BCUT2D eigenvalue weighted by Crippen LogP contribution is -2.82. The summed E-state index contributed by atoms with van der Waals surface area (Å²) in [6, 6.07) is 10.1. The topological polar surface area (TPSA) is 38.0 Å². The van der Waals surface area contributed by atoms with Gasteiger partial charge < -0.3 is 5.32 Å². The van der Waals surface area contributed by atoms with Gasteiger partial charge in [-0.05, 0) is 30.8 Å².